The zero-order valence-electron chi connectivity index (χ0n) is 9.67. The van der Waals surface area contributed by atoms with Crippen molar-refractivity contribution in [1.82, 2.24) is 0 Å². The van der Waals surface area contributed by atoms with E-state index in [0.29, 0.717) is 6.61 Å². The monoisotopic (exact) mass is 230 g/mol. The average molecular weight is 230 g/mol. The SMILES string of the molecule is C=CC(=O)OCC[SiH2]COCCCCC. The zero-order chi connectivity index (χ0) is 11.4. The van der Waals surface area contributed by atoms with Gasteiger partial charge in [-0.15, -0.1) is 0 Å². The predicted molar refractivity (Wildman–Crippen MR) is 64.9 cm³/mol. The standard InChI is InChI=1S/C11H22O3Si/c1-3-5-6-7-13-10-15-9-8-14-11(12)4-2/h4H,2-3,5-10,15H2,1H3. The second kappa shape index (κ2) is 11.5. The van der Waals surface area contributed by atoms with E-state index in [9.17, 15) is 4.79 Å². The third kappa shape index (κ3) is 11.3. The van der Waals surface area contributed by atoms with Crippen LogP contribution in [0.3, 0.4) is 0 Å². The summed E-state index contributed by atoms with van der Waals surface area (Å²) < 4.78 is 10.3. The van der Waals surface area contributed by atoms with Gasteiger partial charge in [0.2, 0.25) is 0 Å². The molecule has 0 saturated carbocycles. The number of ether oxygens (including phenoxy) is 2. The molecule has 0 rings (SSSR count). The van der Waals surface area contributed by atoms with Crippen LogP contribution in [0.5, 0.6) is 0 Å². The second-order valence-corrected chi connectivity index (χ2v) is 5.22. The fourth-order valence-corrected chi connectivity index (χ4v) is 2.05. The quantitative estimate of drug-likeness (QED) is 0.247. The molecule has 0 aliphatic carbocycles. The normalized spacial score (nSPS) is 10.7. The molecule has 4 heteroatoms. The lowest BCUT2D eigenvalue weighted by Crippen LogP contribution is -2.09. The third-order valence-electron chi connectivity index (χ3n) is 1.99. The van der Waals surface area contributed by atoms with Crippen molar-refractivity contribution in [3.8, 4) is 0 Å². The minimum atomic E-state index is -0.326. The van der Waals surface area contributed by atoms with Crippen molar-refractivity contribution in [1.29, 1.82) is 0 Å². The Morgan fingerprint density at radius 1 is 1.40 bits per heavy atom. The molecule has 0 aliphatic heterocycles. The molecule has 0 aromatic heterocycles. The summed E-state index contributed by atoms with van der Waals surface area (Å²) in [6, 6.07) is 0.993. The summed E-state index contributed by atoms with van der Waals surface area (Å²) in [5.74, 6) is -0.326. The minimum absolute atomic E-state index is 0.207. The first-order chi connectivity index (χ1) is 7.31. The van der Waals surface area contributed by atoms with Crippen LogP contribution >= 0.6 is 0 Å². The van der Waals surface area contributed by atoms with Crippen LogP contribution in [0.4, 0.5) is 0 Å². The van der Waals surface area contributed by atoms with Crippen molar-refractivity contribution in [3.05, 3.63) is 12.7 Å². The van der Waals surface area contributed by atoms with Gasteiger partial charge in [0, 0.05) is 18.9 Å². The Bertz CT molecular complexity index is 171. The third-order valence-corrected chi connectivity index (χ3v) is 3.35. The summed E-state index contributed by atoms with van der Waals surface area (Å²) >= 11 is 0. The van der Waals surface area contributed by atoms with Crippen LogP contribution in [0.2, 0.25) is 6.04 Å². The molecular weight excluding hydrogens is 208 g/mol. The van der Waals surface area contributed by atoms with Gasteiger partial charge in [-0.1, -0.05) is 26.3 Å². The molecule has 0 atom stereocenters. The highest BCUT2D eigenvalue weighted by molar-refractivity contribution is 6.35. The molecule has 0 bridgehead atoms. The number of carbonyl (C=O) groups excluding carboxylic acids is 1. The van der Waals surface area contributed by atoms with Crippen molar-refractivity contribution in [2.45, 2.75) is 32.2 Å². The van der Waals surface area contributed by atoms with Gasteiger partial charge in [-0.2, -0.15) is 0 Å². The van der Waals surface area contributed by atoms with Crippen molar-refractivity contribution < 1.29 is 14.3 Å². The summed E-state index contributed by atoms with van der Waals surface area (Å²) in [6.07, 6.45) is 5.74. The molecule has 0 saturated heterocycles. The van der Waals surface area contributed by atoms with E-state index in [1.807, 2.05) is 0 Å². The lowest BCUT2D eigenvalue weighted by Gasteiger charge is -2.03. The lowest BCUT2D eigenvalue weighted by atomic mass is 10.3. The van der Waals surface area contributed by atoms with Crippen molar-refractivity contribution >= 4 is 15.5 Å². The van der Waals surface area contributed by atoms with E-state index >= 15 is 0 Å². The topological polar surface area (TPSA) is 35.5 Å². The smallest absolute Gasteiger partial charge is 0.330 e. The summed E-state index contributed by atoms with van der Waals surface area (Å²) in [7, 11) is -0.207. The summed E-state index contributed by atoms with van der Waals surface area (Å²) in [5.41, 5.74) is 0. The maximum atomic E-state index is 10.7. The number of carbonyl (C=O) groups is 1. The van der Waals surface area contributed by atoms with Crippen LogP contribution in [-0.2, 0) is 14.3 Å². The molecule has 0 aromatic rings. The van der Waals surface area contributed by atoms with E-state index in [-0.39, 0.29) is 15.5 Å². The Hall–Kier alpha value is -0.613. The van der Waals surface area contributed by atoms with Gasteiger partial charge in [-0.25, -0.2) is 4.79 Å². The molecule has 0 aromatic carbocycles. The Balaban J connectivity index is 2.98. The van der Waals surface area contributed by atoms with Crippen LogP contribution in [0.15, 0.2) is 12.7 Å². The second-order valence-electron chi connectivity index (χ2n) is 3.40. The van der Waals surface area contributed by atoms with Gasteiger partial charge < -0.3 is 9.47 Å². The lowest BCUT2D eigenvalue weighted by molar-refractivity contribution is -0.137. The van der Waals surface area contributed by atoms with Crippen LogP contribution in [0, 0.1) is 0 Å². The fraction of sp³-hybridized carbons (Fsp3) is 0.727. The molecular formula is C11H22O3Si. The van der Waals surface area contributed by atoms with Gasteiger partial charge in [-0.05, 0) is 12.5 Å². The van der Waals surface area contributed by atoms with Gasteiger partial charge in [0.05, 0.1) is 16.1 Å². The zero-order valence-corrected chi connectivity index (χ0v) is 11.1. The average Bonchev–Trinajstić information content (AvgIpc) is 2.26. The molecule has 0 spiro atoms. The Labute approximate surface area is 94.7 Å². The Morgan fingerprint density at radius 3 is 2.87 bits per heavy atom. The fourth-order valence-electron chi connectivity index (χ4n) is 1.09. The number of hydrogen-bond acceptors (Lipinski definition) is 3. The van der Waals surface area contributed by atoms with E-state index in [2.05, 4.69) is 13.5 Å². The number of hydrogen-bond donors (Lipinski definition) is 0. The summed E-state index contributed by atoms with van der Waals surface area (Å²) in [4.78, 5) is 10.7. The molecule has 0 N–H and O–H groups in total. The highest BCUT2D eigenvalue weighted by Gasteiger charge is 1.95. The Morgan fingerprint density at radius 2 is 2.20 bits per heavy atom. The van der Waals surface area contributed by atoms with Crippen molar-refractivity contribution in [2.24, 2.45) is 0 Å². The van der Waals surface area contributed by atoms with Crippen LogP contribution in [0.25, 0.3) is 0 Å². The summed E-state index contributed by atoms with van der Waals surface area (Å²) in [5, 5.41) is 0. The first kappa shape index (κ1) is 14.4. The van der Waals surface area contributed by atoms with Crippen LogP contribution in [-0.4, -0.2) is 34.9 Å². The molecule has 0 radical (unpaired) electrons. The Kier molecular flexibility index (Phi) is 11.0. The highest BCUT2D eigenvalue weighted by atomic mass is 28.2. The summed E-state index contributed by atoms with van der Waals surface area (Å²) in [6.45, 7) is 6.92. The molecule has 3 nitrogen and oxygen atoms in total. The molecule has 88 valence electrons. The molecule has 15 heavy (non-hydrogen) atoms. The van der Waals surface area contributed by atoms with E-state index in [1.54, 1.807) is 0 Å². The molecule has 0 fully saturated rings. The van der Waals surface area contributed by atoms with Crippen molar-refractivity contribution in [2.75, 3.05) is 19.4 Å². The molecule has 0 heterocycles. The van der Waals surface area contributed by atoms with E-state index in [4.69, 9.17) is 9.47 Å². The maximum Gasteiger partial charge on any atom is 0.330 e. The molecule has 0 amide bonds. The number of rotatable bonds is 10. The predicted octanol–water partition coefficient (Wildman–Crippen LogP) is 1.47. The molecule has 0 aliphatic rings. The maximum absolute atomic E-state index is 10.7. The van der Waals surface area contributed by atoms with Gasteiger partial charge >= 0.3 is 5.97 Å². The van der Waals surface area contributed by atoms with Crippen LogP contribution in [0.1, 0.15) is 26.2 Å². The van der Waals surface area contributed by atoms with Gasteiger partial charge in [-0.3, -0.25) is 0 Å². The van der Waals surface area contributed by atoms with Crippen LogP contribution < -0.4 is 0 Å². The van der Waals surface area contributed by atoms with Gasteiger partial charge in [0.25, 0.3) is 0 Å². The minimum Gasteiger partial charge on any atom is -0.463 e. The van der Waals surface area contributed by atoms with Crippen molar-refractivity contribution in [3.63, 3.8) is 0 Å². The van der Waals surface area contributed by atoms with Gasteiger partial charge in [0.15, 0.2) is 0 Å². The van der Waals surface area contributed by atoms with Gasteiger partial charge in [0.1, 0.15) is 0 Å². The van der Waals surface area contributed by atoms with E-state index < -0.39 is 0 Å². The highest BCUT2D eigenvalue weighted by Crippen LogP contribution is 1.94. The van der Waals surface area contributed by atoms with E-state index in [1.165, 1.54) is 18.9 Å². The number of esters is 1. The molecule has 0 unspecified atom stereocenters. The van der Waals surface area contributed by atoms with E-state index in [0.717, 1.165) is 25.3 Å². The first-order valence-electron chi connectivity index (χ1n) is 5.68. The largest absolute Gasteiger partial charge is 0.463 e. The first-order valence-corrected chi connectivity index (χ1v) is 7.68. The number of unbranched alkanes of at least 4 members (excludes halogenated alkanes) is 2.